The quantitative estimate of drug-likeness (QED) is 0.727. The second-order valence-corrected chi connectivity index (χ2v) is 5.31. The third-order valence-corrected chi connectivity index (χ3v) is 3.38. The highest BCUT2D eigenvalue weighted by molar-refractivity contribution is 5.96. The molecule has 0 radical (unpaired) electrons. The molecule has 0 fully saturated rings. The number of primary amides is 2. The highest BCUT2D eigenvalue weighted by Gasteiger charge is 2.15. The summed E-state index contributed by atoms with van der Waals surface area (Å²) in [5.74, 6) is -1.60. The van der Waals surface area contributed by atoms with Gasteiger partial charge in [0.15, 0.2) is 0 Å². The van der Waals surface area contributed by atoms with Crippen LogP contribution in [-0.4, -0.2) is 24.4 Å². The Hall–Kier alpha value is -3.42. The maximum absolute atomic E-state index is 13.1. The van der Waals surface area contributed by atoms with E-state index in [9.17, 15) is 18.8 Å². The van der Waals surface area contributed by atoms with Gasteiger partial charge in [0.25, 0.3) is 0 Å². The number of rotatable bonds is 6. The van der Waals surface area contributed by atoms with Crippen LogP contribution in [0.3, 0.4) is 0 Å². The van der Waals surface area contributed by atoms with Crippen molar-refractivity contribution in [1.82, 2.24) is 5.32 Å². The Kier molecular flexibility index (Phi) is 5.67. The zero-order valence-corrected chi connectivity index (χ0v) is 13.2. The normalized spacial score (nSPS) is 10.1. The van der Waals surface area contributed by atoms with E-state index >= 15 is 0 Å². The summed E-state index contributed by atoms with van der Waals surface area (Å²) < 4.78 is 13.1. The fraction of sp³-hybridized carbons (Fsp3) is 0.118. The minimum absolute atomic E-state index is 0.192. The van der Waals surface area contributed by atoms with Crippen molar-refractivity contribution in [1.29, 1.82) is 0 Å². The summed E-state index contributed by atoms with van der Waals surface area (Å²) in [4.78, 5) is 35.7. The maximum atomic E-state index is 13.1. The summed E-state index contributed by atoms with van der Waals surface area (Å²) in [6.07, 6.45) is 0. The minimum Gasteiger partial charge on any atom is -0.366 e. The topological polar surface area (TPSA) is 119 Å². The standard InChI is InChI=1S/C17H17FN4O3/c18-13-6-4-11(5-7-13)9-22(10-15(23)21-17(20)25)14-3-1-2-12(8-14)16(19)24/h1-8H,9-10H2,(H2,19,24)(H3,20,21,23,25). The molecular formula is C17H17FN4O3. The monoisotopic (exact) mass is 344 g/mol. The average Bonchev–Trinajstić information content (AvgIpc) is 2.55. The summed E-state index contributed by atoms with van der Waals surface area (Å²) in [6.45, 7) is 0.0528. The predicted octanol–water partition coefficient (Wildman–Crippen LogP) is 1.13. The Morgan fingerprint density at radius 3 is 2.32 bits per heavy atom. The SMILES string of the molecule is NC(=O)NC(=O)CN(Cc1ccc(F)cc1)c1cccc(C(N)=O)c1. The number of carbonyl (C=O) groups excluding carboxylic acids is 3. The molecule has 25 heavy (non-hydrogen) atoms. The summed E-state index contributed by atoms with van der Waals surface area (Å²) in [6, 6.07) is 11.2. The van der Waals surface area contributed by atoms with E-state index in [0.29, 0.717) is 5.69 Å². The van der Waals surface area contributed by atoms with Gasteiger partial charge in [-0.1, -0.05) is 18.2 Å². The van der Waals surface area contributed by atoms with Crippen LogP contribution in [0.15, 0.2) is 48.5 Å². The number of urea groups is 1. The molecule has 4 amide bonds. The summed E-state index contributed by atoms with van der Waals surface area (Å²) in [7, 11) is 0. The van der Waals surface area contributed by atoms with Gasteiger partial charge in [-0.05, 0) is 35.9 Å². The van der Waals surface area contributed by atoms with Crippen molar-refractivity contribution in [3.8, 4) is 0 Å². The number of imide groups is 1. The molecular weight excluding hydrogens is 327 g/mol. The second kappa shape index (κ2) is 7.91. The smallest absolute Gasteiger partial charge is 0.318 e. The van der Waals surface area contributed by atoms with Crippen molar-refractivity contribution in [3.05, 3.63) is 65.5 Å². The van der Waals surface area contributed by atoms with E-state index in [-0.39, 0.29) is 24.5 Å². The molecule has 2 rings (SSSR count). The number of benzene rings is 2. The molecule has 0 spiro atoms. The lowest BCUT2D eigenvalue weighted by atomic mass is 10.1. The van der Waals surface area contributed by atoms with E-state index in [2.05, 4.69) is 0 Å². The summed E-state index contributed by atoms with van der Waals surface area (Å²) in [5.41, 5.74) is 11.8. The van der Waals surface area contributed by atoms with Gasteiger partial charge in [0.2, 0.25) is 11.8 Å². The minimum atomic E-state index is -0.961. The molecule has 0 heterocycles. The van der Waals surface area contributed by atoms with Gasteiger partial charge in [-0.15, -0.1) is 0 Å². The van der Waals surface area contributed by atoms with E-state index in [4.69, 9.17) is 11.5 Å². The third kappa shape index (κ3) is 5.31. The third-order valence-electron chi connectivity index (χ3n) is 3.38. The molecule has 0 saturated carbocycles. The van der Waals surface area contributed by atoms with Gasteiger partial charge >= 0.3 is 6.03 Å². The lowest BCUT2D eigenvalue weighted by molar-refractivity contribution is -0.118. The van der Waals surface area contributed by atoms with Gasteiger partial charge < -0.3 is 16.4 Å². The summed E-state index contributed by atoms with van der Waals surface area (Å²) >= 11 is 0. The lowest BCUT2D eigenvalue weighted by Gasteiger charge is -2.24. The Balaban J connectivity index is 2.28. The number of nitrogens with zero attached hydrogens (tertiary/aromatic N) is 1. The van der Waals surface area contributed by atoms with Crippen LogP contribution < -0.4 is 21.7 Å². The Labute approximate surface area is 143 Å². The van der Waals surface area contributed by atoms with Crippen molar-refractivity contribution >= 4 is 23.5 Å². The highest BCUT2D eigenvalue weighted by Crippen LogP contribution is 2.19. The van der Waals surface area contributed by atoms with Crippen molar-refractivity contribution in [3.63, 3.8) is 0 Å². The molecule has 0 atom stereocenters. The number of amides is 4. The molecule has 0 bridgehead atoms. The van der Waals surface area contributed by atoms with E-state index in [1.807, 2.05) is 5.32 Å². The number of nitrogens with two attached hydrogens (primary N) is 2. The highest BCUT2D eigenvalue weighted by atomic mass is 19.1. The number of hydrogen-bond acceptors (Lipinski definition) is 4. The van der Waals surface area contributed by atoms with E-state index < -0.39 is 17.8 Å². The first-order valence-corrected chi connectivity index (χ1v) is 7.33. The molecule has 0 saturated heterocycles. The maximum Gasteiger partial charge on any atom is 0.318 e. The molecule has 0 aromatic heterocycles. The lowest BCUT2D eigenvalue weighted by Crippen LogP contribution is -2.42. The molecule has 0 aliphatic carbocycles. The van der Waals surface area contributed by atoms with Crippen molar-refractivity contribution in [2.45, 2.75) is 6.54 Å². The largest absolute Gasteiger partial charge is 0.366 e. The van der Waals surface area contributed by atoms with Crippen LogP contribution >= 0.6 is 0 Å². The number of nitrogens with one attached hydrogen (secondary N) is 1. The van der Waals surface area contributed by atoms with Crippen LogP contribution in [0.25, 0.3) is 0 Å². The van der Waals surface area contributed by atoms with Gasteiger partial charge in [-0.25, -0.2) is 9.18 Å². The van der Waals surface area contributed by atoms with Crippen LogP contribution in [0.4, 0.5) is 14.9 Å². The van der Waals surface area contributed by atoms with E-state index in [0.717, 1.165) is 5.56 Å². The van der Waals surface area contributed by atoms with Crippen LogP contribution in [0, 0.1) is 5.82 Å². The zero-order chi connectivity index (χ0) is 18.4. The molecule has 5 N–H and O–H groups in total. The van der Waals surface area contributed by atoms with Crippen LogP contribution in [0.5, 0.6) is 0 Å². The molecule has 0 aliphatic heterocycles. The van der Waals surface area contributed by atoms with Gasteiger partial charge in [0, 0.05) is 17.8 Å². The molecule has 130 valence electrons. The number of hydrogen-bond donors (Lipinski definition) is 3. The van der Waals surface area contributed by atoms with Crippen LogP contribution in [0.2, 0.25) is 0 Å². The summed E-state index contributed by atoms with van der Waals surface area (Å²) in [5, 5.41) is 1.98. The van der Waals surface area contributed by atoms with Gasteiger partial charge in [0.1, 0.15) is 5.82 Å². The fourth-order valence-corrected chi connectivity index (χ4v) is 2.25. The van der Waals surface area contributed by atoms with Crippen molar-refractivity contribution in [2.24, 2.45) is 11.5 Å². The predicted molar refractivity (Wildman–Crippen MR) is 90.1 cm³/mol. The van der Waals surface area contributed by atoms with Gasteiger partial charge in [-0.3, -0.25) is 14.9 Å². The van der Waals surface area contributed by atoms with E-state index in [1.54, 1.807) is 35.2 Å². The molecule has 8 heteroatoms. The van der Waals surface area contributed by atoms with E-state index in [1.165, 1.54) is 18.2 Å². The van der Waals surface area contributed by atoms with Crippen molar-refractivity contribution < 1.29 is 18.8 Å². The number of halogens is 1. The van der Waals surface area contributed by atoms with Crippen molar-refractivity contribution in [2.75, 3.05) is 11.4 Å². The fourth-order valence-electron chi connectivity index (χ4n) is 2.25. The van der Waals surface area contributed by atoms with Gasteiger partial charge in [-0.2, -0.15) is 0 Å². The first kappa shape index (κ1) is 17.9. The molecule has 0 aliphatic rings. The molecule has 7 nitrogen and oxygen atoms in total. The first-order chi connectivity index (χ1) is 11.8. The Morgan fingerprint density at radius 1 is 1.04 bits per heavy atom. The first-order valence-electron chi connectivity index (χ1n) is 7.33. The molecule has 2 aromatic rings. The number of carbonyl (C=O) groups is 3. The molecule has 0 unspecified atom stereocenters. The van der Waals surface area contributed by atoms with Crippen LogP contribution in [0.1, 0.15) is 15.9 Å². The zero-order valence-electron chi connectivity index (χ0n) is 13.2. The molecule has 2 aromatic carbocycles. The number of anilines is 1. The Morgan fingerprint density at radius 2 is 1.72 bits per heavy atom. The Bertz CT molecular complexity index is 793. The van der Waals surface area contributed by atoms with Gasteiger partial charge in [0.05, 0.1) is 6.54 Å². The van der Waals surface area contributed by atoms with Crippen LogP contribution in [-0.2, 0) is 11.3 Å². The second-order valence-electron chi connectivity index (χ2n) is 5.31. The average molecular weight is 344 g/mol.